The Kier molecular flexibility index (Phi) is 8.00. The molecule has 0 aliphatic carbocycles. The zero-order valence-corrected chi connectivity index (χ0v) is 15.2. The molecule has 4 heteroatoms. The lowest BCUT2D eigenvalue weighted by molar-refractivity contribution is 0.0508. The van der Waals surface area contributed by atoms with Gasteiger partial charge in [-0.15, -0.1) is 0 Å². The van der Waals surface area contributed by atoms with Crippen LogP contribution in [0.5, 0.6) is 5.75 Å². The maximum atomic E-state index is 12.3. The SMILES string of the molecule is CC/C=C\CCOC(=O)c1ccccc1O/C=C(/OC)c1ccccc1. The third-order valence-corrected chi connectivity index (χ3v) is 3.60. The van der Waals surface area contributed by atoms with Crippen molar-refractivity contribution >= 4 is 11.7 Å². The molecule has 0 aromatic heterocycles. The fraction of sp³-hybridized carbons (Fsp3) is 0.227. The molecule has 0 amide bonds. The van der Waals surface area contributed by atoms with E-state index in [0.29, 0.717) is 30.1 Å². The molecule has 0 aliphatic rings. The second kappa shape index (κ2) is 10.8. The fourth-order valence-electron chi connectivity index (χ4n) is 2.27. The monoisotopic (exact) mass is 352 g/mol. The van der Waals surface area contributed by atoms with Crippen LogP contribution in [-0.4, -0.2) is 19.7 Å². The number of esters is 1. The number of rotatable bonds is 9. The van der Waals surface area contributed by atoms with Gasteiger partial charge in [-0.2, -0.15) is 0 Å². The van der Waals surface area contributed by atoms with E-state index in [2.05, 4.69) is 6.92 Å². The molecule has 0 spiro atoms. The third kappa shape index (κ3) is 5.81. The Labute approximate surface area is 154 Å². The first-order chi connectivity index (χ1) is 12.8. The van der Waals surface area contributed by atoms with Gasteiger partial charge in [-0.05, 0) is 25.0 Å². The summed E-state index contributed by atoms with van der Waals surface area (Å²) in [6.45, 7) is 2.40. The van der Waals surface area contributed by atoms with Crippen molar-refractivity contribution in [2.75, 3.05) is 13.7 Å². The van der Waals surface area contributed by atoms with Crippen LogP contribution < -0.4 is 4.74 Å². The van der Waals surface area contributed by atoms with Gasteiger partial charge in [0, 0.05) is 5.56 Å². The number of carbonyl (C=O) groups excluding carboxylic acids is 1. The highest BCUT2D eigenvalue weighted by Gasteiger charge is 2.13. The molecular formula is C22H24O4. The van der Waals surface area contributed by atoms with Gasteiger partial charge < -0.3 is 14.2 Å². The summed E-state index contributed by atoms with van der Waals surface area (Å²) in [4.78, 5) is 12.3. The van der Waals surface area contributed by atoms with Gasteiger partial charge in [0.05, 0.1) is 13.7 Å². The van der Waals surface area contributed by atoms with Gasteiger partial charge in [0.1, 0.15) is 17.6 Å². The first kappa shape index (κ1) is 19.3. The van der Waals surface area contributed by atoms with Gasteiger partial charge in [-0.25, -0.2) is 4.79 Å². The van der Waals surface area contributed by atoms with E-state index in [4.69, 9.17) is 14.2 Å². The number of benzene rings is 2. The molecule has 2 aromatic rings. The lowest BCUT2D eigenvalue weighted by Crippen LogP contribution is -2.07. The Morgan fingerprint density at radius 1 is 1.00 bits per heavy atom. The number of allylic oxidation sites excluding steroid dienone is 1. The summed E-state index contributed by atoms with van der Waals surface area (Å²) in [5, 5.41) is 0. The standard InChI is InChI=1S/C22H24O4/c1-3-4-5-11-16-25-22(23)19-14-9-10-15-20(19)26-17-21(24-2)18-12-7-6-8-13-18/h4-10,12-15,17H,3,11,16H2,1-2H3/b5-4-,21-17+. The zero-order valence-electron chi connectivity index (χ0n) is 15.2. The van der Waals surface area contributed by atoms with E-state index >= 15 is 0 Å². The van der Waals surface area contributed by atoms with E-state index in [1.54, 1.807) is 31.4 Å². The quantitative estimate of drug-likeness (QED) is 0.268. The summed E-state index contributed by atoms with van der Waals surface area (Å²) < 4.78 is 16.4. The van der Waals surface area contributed by atoms with Crippen molar-refractivity contribution in [1.82, 2.24) is 0 Å². The van der Waals surface area contributed by atoms with E-state index in [1.807, 2.05) is 42.5 Å². The van der Waals surface area contributed by atoms with Crippen LogP contribution in [0.4, 0.5) is 0 Å². The van der Waals surface area contributed by atoms with Gasteiger partial charge in [0.2, 0.25) is 0 Å². The largest absolute Gasteiger partial charge is 0.493 e. The van der Waals surface area contributed by atoms with Crippen LogP contribution in [0.3, 0.4) is 0 Å². The second-order valence-corrected chi connectivity index (χ2v) is 5.47. The minimum Gasteiger partial charge on any atom is -0.493 e. The van der Waals surface area contributed by atoms with Crippen molar-refractivity contribution in [2.24, 2.45) is 0 Å². The summed E-state index contributed by atoms with van der Waals surface area (Å²) in [6, 6.07) is 16.6. The Bertz CT molecular complexity index is 748. The molecule has 0 bridgehead atoms. The molecule has 0 saturated heterocycles. The normalized spacial score (nSPS) is 11.4. The molecule has 0 saturated carbocycles. The number of methoxy groups -OCH3 is 1. The predicted octanol–water partition coefficient (Wildman–Crippen LogP) is 5.22. The summed E-state index contributed by atoms with van der Waals surface area (Å²) in [7, 11) is 1.58. The molecule has 0 atom stereocenters. The molecule has 2 rings (SSSR count). The van der Waals surface area contributed by atoms with Crippen molar-refractivity contribution in [3.63, 3.8) is 0 Å². The van der Waals surface area contributed by atoms with Gasteiger partial charge in [-0.3, -0.25) is 0 Å². The molecule has 0 aliphatic heterocycles. The Morgan fingerprint density at radius 2 is 1.73 bits per heavy atom. The minimum atomic E-state index is -0.405. The second-order valence-electron chi connectivity index (χ2n) is 5.47. The van der Waals surface area contributed by atoms with Crippen LogP contribution in [0.1, 0.15) is 35.7 Å². The number of para-hydroxylation sites is 1. The highest BCUT2D eigenvalue weighted by Crippen LogP contribution is 2.22. The molecule has 0 heterocycles. The van der Waals surface area contributed by atoms with E-state index < -0.39 is 5.97 Å². The highest BCUT2D eigenvalue weighted by molar-refractivity contribution is 5.92. The van der Waals surface area contributed by atoms with Crippen LogP contribution in [0.25, 0.3) is 5.76 Å². The lowest BCUT2D eigenvalue weighted by atomic mass is 10.2. The summed E-state index contributed by atoms with van der Waals surface area (Å²) in [6.07, 6.45) is 7.21. The van der Waals surface area contributed by atoms with Crippen LogP contribution in [0.15, 0.2) is 73.0 Å². The number of hydrogen-bond donors (Lipinski definition) is 0. The summed E-state index contributed by atoms with van der Waals surface area (Å²) in [5.74, 6) is 0.586. The minimum absolute atomic E-state index is 0.340. The number of carbonyl (C=O) groups is 1. The van der Waals surface area contributed by atoms with Gasteiger partial charge >= 0.3 is 5.97 Å². The predicted molar refractivity (Wildman–Crippen MR) is 103 cm³/mol. The number of hydrogen-bond acceptors (Lipinski definition) is 4. The van der Waals surface area contributed by atoms with E-state index in [1.165, 1.54) is 6.26 Å². The van der Waals surface area contributed by atoms with E-state index in [-0.39, 0.29) is 0 Å². The molecular weight excluding hydrogens is 328 g/mol. The zero-order chi connectivity index (χ0) is 18.6. The molecule has 26 heavy (non-hydrogen) atoms. The Morgan fingerprint density at radius 3 is 2.46 bits per heavy atom. The van der Waals surface area contributed by atoms with Crippen LogP contribution in [-0.2, 0) is 9.47 Å². The first-order valence-corrected chi connectivity index (χ1v) is 8.63. The van der Waals surface area contributed by atoms with Crippen molar-refractivity contribution in [3.05, 3.63) is 84.1 Å². The van der Waals surface area contributed by atoms with Crippen molar-refractivity contribution in [1.29, 1.82) is 0 Å². The Hall–Kier alpha value is -3.01. The van der Waals surface area contributed by atoms with Crippen LogP contribution in [0.2, 0.25) is 0 Å². The van der Waals surface area contributed by atoms with Crippen LogP contribution in [0, 0.1) is 0 Å². The first-order valence-electron chi connectivity index (χ1n) is 8.63. The smallest absolute Gasteiger partial charge is 0.341 e. The maximum Gasteiger partial charge on any atom is 0.341 e. The van der Waals surface area contributed by atoms with E-state index in [0.717, 1.165) is 12.0 Å². The summed E-state index contributed by atoms with van der Waals surface area (Å²) >= 11 is 0. The Balaban J connectivity index is 2.07. The number of ether oxygens (including phenoxy) is 3. The highest BCUT2D eigenvalue weighted by atomic mass is 16.5. The average Bonchev–Trinajstić information content (AvgIpc) is 2.69. The van der Waals surface area contributed by atoms with Crippen LogP contribution >= 0.6 is 0 Å². The molecule has 136 valence electrons. The molecule has 4 nitrogen and oxygen atoms in total. The van der Waals surface area contributed by atoms with Crippen molar-refractivity contribution in [3.8, 4) is 5.75 Å². The lowest BCUT2D eigenvalue weighted by Gasteiger charge is -2.10. The molecule has 0 unspecified atom stereocenters. The van der Waals surface area contributed by atoms with Gasteiger partial charge in [0.15, 0.2) is 5.76 Å². The van der Waals surface area contributed by atoms with Crippen molar-refractivity contribution in [2.45, 2.75) is 19.8 Å². The topological polar surface area (TPSA) is 44.8 Å². The van der Waals surface area contributed by atoms with Gasteiger partial charge in [-0.1, -0.05) is 61.5 Å². The molecule has 0 fully saturated rings. The van der Waals surface area contributed by atoms with Gasteiger partial charge in [0.25, 0.3) is 0 Å². The summed E-state index contributed by atoms with van der Waals surface area (Å²) in [5.41, 5.74) is 1.27. The van der Waals surface area contributed by atoms with Crippen molar-refractivity contribution < 1.29 is 19.0 Å². The fourth-order valence-corrected chi connectivity index (χ4v) is 2.27. The molecule has 2 aromatic carbocycles. The average molecular weight is 352 g/mol. The maximum absolute atomic E-state index is 12.3. The molecule has 0 N–H and O–H groups in total. The van der Waals surface area contributed by atoms with E-state index in [9.17, 15) is 4.79 Å². The molecule has 0 radical (unpaired) electrons. The third-order valence-electron chi connectivity index (χ3n) is 3.60.